The van der Waals surface area contributed by atoms with E-state index in [4.69, 9.17) is 15.2 Å². The zero-order valence-corrected chi connectivity index (χ0v) is 8.21. The number of rotatable bonds is 6. The van der Waals surface area contributed by atoms with Gasteiger partial charge in [0, 0.05) is 0 Å². The van der Waals surface area contributed by atoms with Crippen LogP contribution in [0, 0.1) is 0 Å². The molecule has 3 nitrogen and oxygen atoms in total. The molecule has 0 unspecified atom stereocenters. The summed E-state index contributed by atoms with van der Waals surface area (Å²) in [4.78, 5) is 0. The van der Waals surface area contributed by atoms with E-state index in [1.807, 2.05) is 0 Å². The van der Waals surface area contributed by atoms with Gasteiger partial charge in [0.2, 0.25) is 0 Å². The zero-order valence-electron chi connectivity index (χ0n) is 6.50. The van der Waals surface area contributed by atoms with Gasteiger partial charge in [-0.25, -0.2) is 0 Å². The Balaban J connectivity index is 3.09. The van der Waals surface area contributed by atoms with E-state index in [1.165, 1.54) is 0 Å². The molecule has 0 aromatic heterocycles. The molecule has 0 rings (SSSR count). The van der Waals surface area contributed by atoms with Crippen LogP contribution in [0.4, 0.5) is 0 Å². The summed E-state index contributed by atoms with van der Waals surface area (Å²) in [5, 5.41) is 2.10. The second-order valence-corrected chi connectivity index (χ2v) is 4.18. The summed E-state index contributed by atoms with van der Waals surface area (Å²) in [6.45, 7) is 0.778. The Kier molecular flexibility index (Phi) is 7.81. The Morgan fingerprint density at radius 2 is 2.00 bits per heavy atom. The van der Waals surface area contributed by atoms with Crippen LogP contribution in [-0.2, 0) is 9.47 Å². The first-order chi connectivity index (χ1) is 4.85. The van der Waals surface area contributed by atoms with E-state index in [0.29, 0.717) is 15.0 Å². The molecule has 4 heteroatoms. The van der Waals surface area contributed by atoms with Crippen LogP contribution < -0.4 is 5.73 Å². The predicted molar refractivity (Wildman–Crippen MR) is 42.2 cm³/mol. The molecule has 2 N–H and O–H groups in total. The first-order valence-electron chi connectivity index (χ1n) is 3.18. The van der Waals surface area contributed by atoms with Crippen LogP contribution >= 0.6 is 0 Å². The number of methoxy groups -OCH3 is 2. The first kappa shape index (κ1) is 10.4. The number of nitrogens with two attached hydrogens (primary N) is 1. The SMILES string of the molecule is COC(C[Se]CCN)OC. The van der Waals surface area contributed by atoms with Gasteiger partial charge in [0.05, 0.1) is 0 Å². The van der Waals surface area contributed by atoms with Crippen LogP contribution in [0.15, 0.2) is 0 Å². The molecule has 0 aromatic rings. The van der Waals surface area contributed by atoms with E-state index in [1.54, 1.807) is 14.2 Å². The average Bonchev–Trinajstić information content (AvgIpc) is 1.99. The Labute approximate surface area is 68.4 Å². The van der Waals surface area contributed by atoms with Gasteiger partial charge in [0.1, 0.15) is 0 Å². The number of hydrogen-bond donors (Lipinski definition) is 1. The van der Waals surface area contributed by atoms with E-state index < -0.39 is 0 Å². The minimum atomic E-state index is -0.0217. The van der Waals surface area contributed by atoms with Crippen LogP contribution in [0.2, 0.25) is 10.6 Å². The van der Waals surface area contributed by atoms with Crippen LogP contribution in [0.5, 0.6) is 0 Å². The third-order valence-corrected chi connectivity index (χ3v) is 3.21. The molecule has 0 bridgehead atoms. The molecule has 62 valence electrons. The van der Waals surface area contributed by atoms with Crippen molar-refractivity contribution in [2.24, 2.45) is 5.73 Å². The van der Waals surface area contributed by atoms with E-state index in [2.05, 4.69) is 0 Å². The fourth-order valence-corrected chi connectivity index (χ4v) is 2.17. The molecule has 0 saturated carbocycles. The molecule has 0 fully saturated rings. The molecule has 10 heavy (non-hydrogen) atoms. The van der Waals surface area contributed by atoms with E-state index in [0.717, 1.165) is 17.2 Å². The number of ether oxygens (including phenoxy) is 2. The molecule has 0 amide bonds. The maximum absolute atomic E-state index is 5.33. The van der Waals surface area contributed by atoms with Crippen molar-refractivity contribution in [1.29, 1.82) is 0 Å². The van der Waals surface area contributed by atoms with Gasteiger partial charge in [-0.05, 0) is 0 Å². The maximum atomic E-state index is 5.33. The van der Waals surface area contributed by atoms with Crippen molar-refractivity contribution in [2.45, 2.75) is 16.9 Å². The fourth-order valence-electron chi connectivity index (χ4n) is 0.495. The zero-order chi connectivity index (χ0) is 7.82. The Morgan fingerprint density at radius 1 is 1.40 bits per heavy atom. The van der Waals surface area contributed by atoms with Gasteiger partial charge >= 0.3 is 67.9 Å². The molecule has 0 atom stereocenters. The second kappa shape index (κ2) is 7.51. The standard InChI is InChI=1S/C6H15NO2Se/c1-8-6(9-2)5-10-4-3-7/h6H,3-5,7H2,1-2H3. The summed E-state index contributed by atoms with van der Waals surface area (Å²) in [5.41, 5.74) is 5.33. The minimum absolute atomic E-state index is 0.0217. The van der Waals surface area contributed by atoms with E-state index in [9.17, 15) is 0 Å². The van der Waals surface area contributed by atoms with Crippen LogP contribution in [0.25, 0.3) is 0 Å². The van der Waals surface area contributed by atoms with Crippen molar-refractivity contribution >= 4 is 15.0 Å². The summed E-state index contributed by atoms with van der Waals surface area (Å²) < 4.78 is 10.00. The fraction of sp³-hybridized carbons (Fsp3) is 1.00. The van der Waals surface area contributed by atoms with Gasteiger partial charge in [-0.1, -0.05) is 0 Å². The molecular formula is C6H15NO2Se. The molecule has 0 aliphatic heterocycles. The molecule has 0 radical (unpaired) electrons. The van der Waals surface area contributed by atoms with Gasteiger partial charge in [-0.15, -0.1) is 0 Å². The molecule has 0 spiro atoms. The summed E-state index contributed by atoms with van der Waals surface area (Å²) >= 11 is 0.575. The third kappa shape index (κ3) is 5.21. The van der Waals surface area contributed by atoms with Crippen LogP contribution in [-0.4, -0.2) is 42.0 Å². The second-order valence-electron chi connectivity index (χ2n) is 1.76. The van der Waals surface area contributed by atoms with Crippen LogP contribution in [0.3, 0.4) is 0 Å². The third-order valence-electron chi connectivity index (χ3n) is 1.04. The van der Waals surface area contributed by atoms with Gasteiger partial charge < -0.3 is 0 Å². The Morgan fingerprint density at radius 3 is 2.40 bits per heavy atom. The van der Waals surface area contributed by atoms with Crippen molar-refractivity contribution in [1.82, 2.24) is 0 Å². The normalized spacial score (nSPS) is 10.8. The van der Waals surface area contributed by atoms with Crippen molar-refractivity contribution in [2.75, 3.05) is 20.8 Å². The average molecular weight is 212 g/mol. The Bertz CT molecular complexity index is 68.8. The molecule has 0 aliphatic carbocycles. The van der Waals surface area contributed by atoms with Crippen molar-refractivity contribution in [3.05, 3.63) is 0 Å². The molecule has 0 saturated heterocycles. The quantitative estimate of drug-likeness (QED) is 0.386. The van der Waals surface area contributed by atoms with Gasteiger partial charge in [-0.2, -0.15) is 0 Å². The Hall–Kier alpha value is 0.399. The van der Waals surface area contributed by atoms with Crippen molar-refractivity contribution in [3.8, 4) is 0 Å². The summed E-state index contributed by atoms with van der Waals surface area (Å²) in [6.07, 6.45) is -0.0217. The summed E-state index contributed by atoms with van der Waals surface area (Å²) in [7, 11) is 3.32. The van der Waals surface area contributed by atoms with Crippen LogP contribution in [0.1, 0.15) is 0 Å². The molecular weight excluding hydrogens is 197 g/mol. The topological polar surface area (TPSA) is 44.5 Å². The van der Waals surface area contributed by atoms with E-state index in [-0.39, 0.29) is 6.29 Å². The van der Waals surface area contributed by atoms with Gasteiger partial charge in [0.25, 0.3) is 0 Å². The first-order valence-corrected chi connectivity index (χ1v) is 5.60. The van der Waals surface area contributed by atoms with Gasteiger partial charge in [-0.3, -0.25) is 0 Å². The van der Waals surface area contributed by atoms with Crippen molar-refractivity contribution in [3.63, 3.8) is 0 Å². The monoisotopic (exact) mass is 213 g/mol. The molecule has 0 aliphatic rings. The molecule has 0 aromatic carbocycles. The predicted octanol–water partition coefficient (Wildman–Crippen LogP) is 0.105. The van der Waals surface area contributed by atoms with Crippen molar-refractivity contribution < 1.29 is 9.47 Å². The summed E-state index contributed by atoms with van der Waals surface area (Å²) in [5.74, 6) is 0. The molecule has 0 heterocycles. The van der Waals surface area contributed by atoms with E-state index >= 15 is 0 Å². The summed E-state index contributed by atoms with van der Waals surface area (Å²) in [6, 6.07) is 0. The van der Waals surface area contributed by atoms with Gasteiger partial charge in [0.15, 0.2) is 0 Å². The number of hydrogen-bond acceptors (Lipinski definition) is 3.